The number of carbonyl (C=O) groups is 1. The zero-order valence-corrected chi connectivity index (χ0v) is 11.1. The molecule has 1 aromatic rings. The summed E-state index contributed by atoms with van der Waals surface area (Å²) >= 11 is 4.29. The summed E-state index contributed by atoms with van der Waals surface area (Å²) in [5.74, 6) is 0. The quantitative estimate of drug-likeness (QED) is 0.524. The fourth-order valence-electron chi connectivity index (χ4n) is 1.95. The van der Waals surface area contributed by atoms with Gasteiger partial charge >= 0.3 is 6.09 Å². The highest BCUT2D eigenvalue weighted by atomic mass is 32.1. The molecule has 1 unspecified atom stereocenters. The van der Waals surface area contributed by atoms with Crippen LogP contribution in [0.5, 0.6) is 0 Å². The van der Waals surface area contributed by atoms with Crippen molar-refractivity contribution >= 4 is 24.4 Å². The third kappa shape index (κ3) is 3.37. The molecule has 102 valence electrons. The number of rotatable bonds is 3. The van der Waals surface area contributed by atoms with Crippen LogP contribution in [-0.4, -0.2) is 34.3 Å². The molecule has 1 aliphatic rings. The van der Waals surface area contributed by atoms with E-state index in [0.717, 1.165) is 6.42 Å². The zero-order chi connectivity index (χ0) is 13.8. The lowest BCUT2D eigenvalue weighted by atomic mass is 10.2. The van der Waals surface area contributed by atoms with E-state index in [1.54, 1.807) is 23.1 Å². The van der Waals surface area contributed by atoms with Crippen molar-refractivity contribution < 1.29 is 14.5 Å². The van der Waals surface area contributed by atoms with Crippen molar-refractivity contribution in [2.45, 2.75) is 18.3 Å². The van der Waals surface area contributed by atoms with Crippen LogP contribution >= 0.6 is 12.6 Å². The topological polar surface area (TPSA) is 72.7 Å². The van der Waals surface area contributed by atoms with E-state index in [-0.39, 0.29) is 17.5 Å². The average molecular weight is 282 g/mol. The van der Waals surface area contributed by atoms with Crippen LogP contribution in [0.4, 0.5) is 10.5 Å². The molecule has 0 N–H and O–H groups in total. The molecule has 1 heterocycles. The summed E-state index contributed by atoms with van der Waals surface area (Å²) in [6, 6.07) is 6.23. The number of nitro benzene ring substituents is 1. The molecule has 1 amide bonds. The molecule has 19 heavy (non-hydrogen) atoms. The van der Waals surface area contributed by atoms with Gasteiger partial charge in [-0.15, -0.1) is 0 Å². The van der Waals surface area contributed by atoms with Crippen LogP contribution < -0.4 is 0 Å². The first-order chi connectivity index (χ1) is 9.08. The Balaban J connectivity index is 1.95. The van der Waals surface area contributed by atoms with Gasteiger partial charge in [-0.1, -0.05) is 12.1 Å². The molecule has 1 aromatic carbocycles. The molecule has 0 saturated carbocycles. The largest absolute Gasteiger partial charge is 0.444 e. The summed E-state index contributed by atoms with van der Waals surface area (Å²) < 4.78 is 5.10. The van der Waals surface area contributed by atoms with Crippen molar-refractivity contribution in [2.24, 2.45) is 0 Å². The van der Waals surface area contributed by atoms with Crippen molar-refractivity contribution in [2.75, 3.05) is 13.1 Å². The Morgan fingerprint density at radius 2 is 2.26 bits per heavy atom. The second-order valence-electron chi connectivity index (χ2n) is 4.33. The normalized spacial score (nSPS) is 18.4. The van der Waals surface area contributed by atoms with Gasteiger partial charge in [0.2, 0.25) is 0 Å². The molecule has 0 bridgehead atoms. The highest BCUT2D eigenvalue weighted by Crippen LogP contribution is 2.20. The van der Waals surface area contributed by atoms with E-state index < -0.39 is 11.0 Å². The molecular weight excluding hydrogens is 268 g/mol. The van der Waals surface area contributed by atoms with E-state index >= 15 is 0 Å². The van der Waals surface area contributed by atoms with E-state index in [1.807, 2.05) is 0 Å². The van der Waals surface area contributed by atoms with Crippen molar-refractivity contribution in [3.8, 4) is 0 Å². The number of benzene rings is 1. The van der Waals surface area contributed by atoms with Gasteiger partial charge in [-0.25, -0.2) is 4.79 Å². The summed E-state index contributed by atoms with van der Waals surface area (Å²) in [6.45, 7) is 1.08. The van der Waals surface area contributed by atoms with Crippen LogP contribution in [0.1, 0.15) is 12.0 Å². The lowest BCUT2D eigenvalue weighted by Gasteiger charge is -2.15. The number of nitro groups is 1. The molecule has 2 rings (SSSR count). The van der Waals surface area contributed by atoms with Gasteiger partial charge in [0.15, 0.2) is 0 Å². The molecule has 0 radical (unpaired) electrons. The Kier molecular flexibility index (Phi) is 4.26. The van der Waals surface area contributed by atoms with Gasteiger partial charge in [-0.05, 0) is 12.5 Å². The third-order valence-electron chi connectivity index (χ3n) is 2.96. The predicted octanol–water partition coefficient (Wildman–Crippen LogP) is 2.24. The molecule has 6 nitrogen and oxygen atoms in total. The predicted molar refractivity (Wildman–Crippen MR) is 72.2 cm³/mol. The minimum absolute atomic E-state index is 0.0382. The zero-order valence-electron chi connectivity index (χ0n) is 10.2. The monoisotopic (exact) mass is 282 g/mol. The summed E-state index contributed by atoms with van der Waals surface area (Å²) in [4.78, 5) is 23.6. The van der Waals surface area contributed by atoms with Gasteiger partial charge in [-0.3, -0.25) is 10.1 Å². The molecule has 1 saturated heterocycles. The summed E-state index contributed by atoms with van der Waals surface area (Å²) in [6.07, 6.45) is 0.388. The molecule has 1 atom stereocenters. The van der Waals surface area contributed by atoms with Crippen molar-refractivity contribution in [3.05, 3.63) is 39.9 Å². The highest BCUT2D eigenvalue weighted by molar-refractivity contribution is 7.81. The fourth-order valence-corrected chi connectivity index (χ4v) is 2.26. The molecule has 0 aromatic heterocycles. The van der Waals surface area contributed by atoms with Gasteiger partial charge in [0, 0.05) is 24.4 Å². The van der Waals surface area contributed by atoms with Gasteiger partial charge in [0.25, 0.3) is 5.69 Å². The standard InChI is InChI=1S/C12H14N2O4S/c15-12(13-6-5-10(19)7-13)18-8-9-3-1-2-4-11(9)14(16)17/h1-4,10,19H,5-8H2. The van der Waals surface area contributed by atoms with Crippen molar-refractivity contribution in [1.82, 2.24) is 4.90 Å². The van der Waals surface area contributed by atoms with Gasteiger partial charge in [0.05, 0.1) is 10.5 Å². The maximum Gasteiger partial charge on any atom is 0.410 e. The summed E-state index contributed by atoms with van der Waals surface area (Å²) in [5.41, 5.74) is 0.353. The lowest BCUT2D eigenvalue weighted by molar-refractivity contribution is -0.385. The minimum atomic E-state index is -0.483. The van der Waals surface area contributed by atoms with Crippen LogP contribution in [0.3, 0.4) is 0 Å². The summed E-state index contributed by atoms with van der Waals surface area (Å²) in [5, 5.41) is 11.0. The first-order valence-corrected chi connectivity index (χ1v) is 6.41. The van der Waals surface area contributed by atoms with Gasteiger partial charge in [0.1, 0.15) is 6.61 Å². The molecular formula is C12H14N2O4S. The van der Waals surface area contributed by atoms with E-state index in [1.165, 1.54) is 6.07 Å². The first-order valence-electron chi connectivity index (χ1n) is 5.90. The maximum atomic E-state index is 11.7. The van der Waals surface area contributed by atoms with Crippen LogP contribution in [0.25, 0.3) is 0 Å². The van der Waals surface area contributed by atoms with Crippen LogP contribution in [0, 0.1) is 10.1 Å². The molecule has 0 spiro atoms. The smallest absolute Gasteiger partial charge is 0.410 e. The van der Waals surface area contributed by atoms with E-state index in [2.05, 4.69) is 12.6 Å². The number of amides is 1. The molecule has 7 heteroatoms. The number of carbonyl (C=O) groups excluding carboxylic acids is 1. The van der Waals surface area contributed by atoms with Crippen LogP contribution in [0.15, 0.2) is 24.3 Å². The Morgan fingerprint density at radius 3 is 2.89 bits per heavy atom. The molecule has 1 aliphatic heterocycles. The lowest BCUT2D eigenvalue weighted by Crippen LogP contribution is -2.29. The van der Waals surface area contributed by atoms with E-state index in [9.17, 15) is 14.9 Å². The van der Waals surface area contributed by atoms with Gasteiger partial charge < -0.3 is 9.64 Å². The number of ether oxygens (including phenoxy) is 1. The second-order valence-corrected chi connectivity index (χ2v) is 5.06. The number of hydrogen-bond donors (Lipinski definition) is 1. The summed E-state index contributed by atoms with van der Waals surface area (Å²) in [7, 11) is 0. The van der Waals surface area contributed by atoms with Crippen LogP contribution in [-0.2, 0) is 11.3 Å². The third-order valence-corrected chi connectivity index (χ3v) is 3.38. The van der Waals surface area contributed by atoms with Crippen molar-refractivity contribution in [1.29, 1.82) is 0 Å². The van der Waals surface area contributed by atoms with Crippen LogP contribution in [0.2, 0.25) is 0 Å². The van der Waals surface area contributed by atoms with E-state index in [4.69, 9.17) is 4.74 Å². The Morgan fingerprint density at radius 1 is 1.53 bits per heavy atom. The minimum Gasteiger partial charge on any atom is -0.444 e. The number of thiol groups is 1. The number of hydrogen-bond acceptors (Lipinski definition) is 5. The first kappa shape index (κ1) is 13.7. The fraction of sp³-hybridized carbons (Fsp3) is 0.417. The average Bonchev–Trinajstić information content (AvgIpc) is 2.83. The van der Waals surface area contributed by atoms with Crippen molar-refractivity contribution in [3.63, 3.8) is 0 Å². The highest BCUT2D eigenvalue weighted by Gasteiger charge is 2.25. The number of nitrogens with zero attached hydrogens (tertiary/aromatic N) is 2. The molecule has 1 fully saturated rings. The Labute approximate surface area is 115 Å². The second kappa shape index (κ2) is 5.92. The molecule has 0 aliphatic carbocycles. The SMILES string of the molecule is O=C(OCc1ccccc1[N+](=O)[O-])N1CCC(S)C1. The van der Waals surface area contributed by atoms with E-state index in [0.29, 0.717) is 18.7 Å². The van der Waals surface area contributed by atoms with Gasteiger partial charge in [-0.2, -0.15) is 12.6 Å². The maximum absolute atomic E-state index is 11.7. The number of likely N-dealkylation sites (tertiary alicyclic amines) is 1. The Bertz CT molecular complexity index is 494. The Hall–Kier alpha value is -1.76. The number of para-hydroxylation sites is 1.